The van der Waals surface area contributed by atoms with Gasteiger partial charge in [0.2, 0.25) is 0 Å². The molecular weight excluding hydrogens is 332 g/mol. The maximum Gasteiger partial charge on any atom is 0.295 e. The number of nitrogens with two attached hydrogens (primary N) is 2. The van der Waals surface area contributed by atoms with Crippen LogP contribution in [0.25, 0.3) is 11.1 Å². The lowest BCUT2D eigenvalue weighted by Gasteiger charge is -2.12. The highest BCUT2D eigenvalue weighted by Crippen LogP contribution is 2.37. The van der Waals surface area contributed by atoms with Crippen LogP contribution in [-0.2, 0) is 19.5 Å². The molecule has 0 bridgehead atoms. The monoisotopic (exact) mass is 344 g/mol. The summed E-state index contributed by atoms with van der Waals surface area (Å²) in [6.45, 7) is 0. The Bertz CT molecular complexity index is 794. The zero-order chi connectivity index (χ0) is 16.3. The van der Waals surface area contributed by atoms with Gasteiger partial charge in [0.25, 0.3) is 10.1 Å². The van der Waals surface area contributed by atoms with Crippen molar-refractivity contribution in [1.82, 2.24) is 0 Å². The van der Waals surface area contributed by atoms with Crippen molar-refractivity contribution < 1.29 is 27.6 Å². The highest BCUT2D eigenvalue weighted by molar-refractivity contribution is 7.94. The molecule has 0 atom stereocenters. The van der Waals surface area contributed by atoms with Gasteiger partial charge in [-0.3, -0.25) is 4.55 Å². The molecule has 6 N–H and O–H groups in total. The fourth-order valence-corrected chi connectivity index (χ4v) is 3.15. The summed E-state index contributed by atoms with van der Waals surface area (Å²) in [6, 6.07) is 8.63. The number of hydrogen-bond acceptors (Lipinski definition) is 8. The second-order valence-electron chi connectivity index (χ2n) is 4.21. The van der Waals surface area contributed by atoms with Crippen LogP contribution in [0.3, 0.4) is 0 Å². The second kappa shape index (κ2) is 6.52. The van der Waals surface area contributed by atoms with Crippen molar-refractivity contribution >= 4 is 33.5 Å². The molecule has 0 aliphatic rings. The first-order chi connectivity index (χ1) is 10.3. The summed E-state index contributed by atoms with van der Waals surface area (Å²) in [5.41, 5.74) is 12.4. The minimum atomic E-state index is -4.49. The normalized spacial score (nSPS) is 11.5. The van der Waals surface area contributed by atoms with Crippen molar-refractivity contribution in [2.75, 3.05) is 11.5 Å². The topological polar surface area (TPSA) is 145 Å². The molecule has 0 fully saturated rings. The van der Waals surface area contributed by atoms with Crippen LogP contribution in [-0.4, -0.2) is 18.2 Å². The quantitative estimate of drug-likeness (QED) is 0.211. The van der Waals surface area contributed by atoms with Gasteiger partial charge in [-0.05, 0) is 29.8 Å². The van der Waals surface area contributed by atoms with Crippen LogP contribution < -0.4 is 11.5 Å². The summed E-state index contributed by atoms with van der Waals surface area (Å²) in [7, 11) is -4.49. The molecular formula is C12H12N2O6S2. The molecule has 0 aliphatic heterocycles. The van der Waals surface area contributed by atoms with Gasteiger partial charge in [0.1, 0.15) is 4.90 Å². The Hall–Kier alpha value is -1.82. The van der Waals surface area contributed by atoms with Crippen LogP contribution in [0.4, 0.5) is 11.4 Å². The zero-order valence-corrected chi connectivity index (χ0v) is 12.6. The molecule has 0 heterocycles. The minimum Gasteiger partial charge on any atom is -0.399 e. The van der Waals surface area contributed by atoms with Crippen molar-refractivity contribution in [1.29, 1.82) is 0 Å². The van der Waals surface area contributed by atoms with E-state index in [0.29, 0.717) is 28.2 Å². The number of anilines is 2. The predicted octanol–water partition coefficient (Wildman–Crippen LogP) is 2.19. The van der Waals surface area contributed by atoms with Crippen LogP contribution in [0.1, 0.15) is 0 Å². The van der Waals surface area contributed by atoms with E-state index in [1.165, 1.54) is 18.2 Å². The summed E-state index contributed by atoms with van der Waals surface area (Å²) in [6.07, 6.45) is 0. The average molecular weight is 344 g/mol. The van der Waals surface area contributed by atoms with Crippen molar-refractivity contribution in [2.45, 2.75) is 9.79 Å². The molecule has 0 radical (unpaired) electrons. The van der Waals surface area contributed by atoms with E-state index in [1.807, 2.05) is 0 Å². The molecule has 0 saturated heterocycles. The summed E-state index contributed by atoms with van der Waals surface area (Å²) >= 11 is 0.620. The molecule has 118 valence electrons. The Morgan fingerprint density at radius 3 is 2.18 bits per heavy atom. The number of nitrogen functional groups attached to an aromatic ring is 2. The molecule has 2 aromatic carbocycles. The van der Waals surface area contributed by atoms with Crippen LogP contribution in [0.5, 0.6) is 0 Å². The van der Waals surface area contributed by atoms with Gasteiger partial charge in [-0.15, -0.1) is 4.33 Å². The van der Waals surface area contributed by atoms with Crippen LogP contribution in [0.15, 0.2) is 46.2 Å². The van der Waals surface area contributed by atoms with Gasteiger partial charge < -0.3 is 11.5 Å². The lowest BCUT2D eigenvalue weighted by Crippen LogP contribution is -2.03. The molecule has 8 nitrogen and oxygen atoms in total. The Morgan fingerprint density at radius 2 is 1.59 bits per heavy atom. The SMILES string of the molecule is Nc1ccc(-c2ccc(N)cc2S(=O)(=O)O)c(SOOO)c1. The highest BCUT2D eigenvalue weighted by Gasteiger charge is 2.19. The fourth-order valence-electron chi connectivity index (χ4n) is 1.86. The lowest BCUT2D eigenvalue weighted by molar-refractivity contribution is -0.432. The average Bonchev–Trinajstić information content (AvgIpc) is 2.44. The van der Waals surface area contributed by atoms with E-state index in [0.717, 1.165) is 6.07 Å². The van der Waals surface area contributed by atoms with E-state index in [9.17, 15) is 13.0 Å². The first-order valence-electron chi connectivity index (χ1n) is 5.74. The Kier molecular flexibility index (Phi) is 4.90. The van der Waals surface area contributed by atoms with E-state index >= 15 is 0 Å². The van der Waals surface area contributed by atoms with Crippen LogP contribution in [0, 0.1) is 0 Å². The summed E-state index contributed by atoms with van der Waals surface area (Å²) < 4.78 is 36.8. The third-order valence-electron chi connectivity index (χ3n) is 2.73. The number of benzene rings is 2. The maximum absolute atomic E-state index is 11.5. The molecule has 2 rings (SSSR count). The van der Waals surface area contributed by atoms with Crippen molar-refractivity contribution in [2.24, 2.45) is 0 Å². The molecule has 22 heavy (non-hydrogen) atoms. The van der Waals surface area contributed by atoms with Gasteiger partial charge in [0.05, 0.1) is 12.0 Å². The predicted molar refractivity (Wildman–Crippen MR) is 81.2 cm³/mol. The Labute approximate surface area is 130 Å². The number of rotatable bonds is 5. The summed E-state index contributed by atoms with van der Waals surface area (Å²) in [4.78, 5) is 0.00718. The number of hydrogen-bond donors (Lipinski definition) is 4. The standard InChI is InChI=1S/C12H12N2O6S2/c13-7-1-3-9(11(5-7)21-20-19-15)10-4-2-8(14)6-12(10)22(16,17)18/h1-6,15H,13-14H2,(H,16,17,18). The van der Waals surface area contributed by atoms with Gasteiger partial charge in [-0.25, -0.2) is 5.26 Å². The van der Waals surface area contributed by atoms with E-state index < -0.39 is 10.1 Å². The van der Waals surface area contributed by atoms with Crippen molar-refractivity contribution in [3.05, 3.63) is 36.4 Å². The van der Waals surface area contributed by atoms with Crippen LogP contribution in [0.2, 0.25) is 0 Å². The maximum atomic E-state index is 11.5. The van der Waals surface area contributed by atoms with Crippen LogP contribution >= 0.6 is 12.0 Å². The molecule has 0 aromatic heterocycles. The van der Waals surface area contributed by atoms with Gasteiger partial charge in [-0.2, -0.15) is 8.42 Å². The first-order valence-corrected chi connectivity index (χ1v) is 7.93. The largest absolute Gasteiger partial charge is 0.399 e. The van der Waals surface area contributed by atoms with Gasteiger partial charge in [-0.1, -0.05) is 17.2 Å². The van der Waals surface area contributed by atoms with E-state index in [4.69, 9.17) is 16.7 Å². The molecule has 0 saturated carbocycles. The zero-order valence-electron chi connectivity index (χ0n) is 11.0. The first kappa shape index (κ1) is 16.5. The Balaban J connectivity index is 2.66. The molecule has 10 heteroatoms. The van der Waals surface area contributed by atoms with Gasteiger partial charge in [0, 0.05) is 21.8 Å². The third kappa shape index (κ3) is 3.68. The third-order valence-corrected chi connectivity index (χ3v) is 4.27. The smallest absolute Gasteiger partial charge is 0.295 e. The van der Waals surface area contributed by atoms with Gasteiger partial charge >= 0.3 is 0 Å². The highest BCUT2D eigenvalue weighted by atomic mass is 32.2. The van der Waals surface area contributed by atoms with E-state index in [-0.39, 0.29) is 16.1 Å². The molecule has 0 unspecified atom stereocenters. The fraction of sp³-hybridized carbons (Fsp3) is 0. The van der Waals surface area contributed by atoms with Gasteiger partial charge in [0.15, 0.2) is 0 Å². The summed E-state index contributed by atoms with van der Waals surface area (Å²) in [5, 5.41) is 11.8. The molecule has 0 spiro atoms. The molecule has 0 amide bonds. The second-order valence-corrected chi connectivity index (χ2v) is 6.34. The van der Waals surface area contributed by atoms with E-state index in [2.05, 4.69) is 9.37 Å². The van der Waals surface area contributed by atoms with E-state index in [1.54, 1.807) is 12.1 Å². The Morgan fingerprint density at radius 1 is 1.00 bits per heavy atom. The summed E-state index contributed by atoms with van der Waals surface area (Å²) in [5.74, 6) is 0. The minimum absolute atomic E-state index is 0.177. The molecule has 2 aromatic rings. The molecule has 0 aliphatic carbocycles. The van der Waals surface area contributed by atoms with Crippen molar-refractivity contribution in [3.63, 3.8) is 0 Å². The van der Waals surface area contributed by atoms with Crippen molar-refractivity contribution in [3.8, 4) is 11.1 Å². The lowest BCUT2D eigenvalue weighted by atomic mass is 10.0.